The fraction of sp³-hybridized carbons (Fsp3) is 0.412. The van der Waals surface area contributed by atoms with E-state index >= 15 is 0 Å². The van der Waals surface area contributed by atoms with Gasteiger partial charge < -0.3 is 10.1 Å². The molecule has 2 aromatic rings. The number of carbonyl (C=O) groups is 1. The zero-order valence-electron chi connectivity index (χ0n) is 13.1. The van der Waals surface area contributed by atoms with Crippen molar-refractivity contribution in [2.24, 2.45) is 0 Å². The normalized spacial score (nSPS) is 12.8. The molecule has 22 heavy (non-hydrogen) atoms. The van der Waals surface area contributed by atoms with E-state index in [9.17, 15) is 4.79 Å². The molecule has 1 aliphatic rings. The zero-order chi connectivity index (χ0) is 15.5. The van der Waals surface area contributed by atoms with Crippen LogP contribution < -0.4 is 10.1 Å². The van der Waals surface area contributed by atoms with Gasteiger partial charge in [-0.25, -0.2) is 0 Å². The summed E-state index contributed by atoms with van der Waals surface area (Å²) in [5.74, 6) is 0.879. The standard InChI is InChI=1S/C17H21N3O2/c1-12-10-13(2)20(19-12)8-3-7-18-17(21)15-4-5-16-14(11-15)6-9-22-16/h4-5,10-11H,3,6-9H2,1-2H3,(H,18,21). The number of hydrogen-bond acceptors (Lipinski definition) is 3. The van der Waals surface area contributed by atoms with Gasteiger partial charge in [-0.05, 0) is 50.1 Å². The highest BCUT2D eigenvalue weighted by Crippen LogP contribution is 2.25. The topological polar surface area (TPSA) is 56.2 Å². The highest BCUT2D eigenvalue weighted by molar-refractivity contribution is 5.94. The van der Waals surface area contributed by atoms with Crippen molar-refractivity contribution in [3.05, 3.63) is 46.8 Å². The molecule has 0 radical (unpaired) electrons. The van der Waals surface area contributed by atoms with Crippen LogP contribution in [0, 0.1) is 13.8 Å². The highest BCUT2D eigenvalue weighted by Gasteiger charge is 2.14. The number of ether oxygens (including phenoxy) is 1. The maximum atomic E-state index is 12.2. The van der Waals surface area contributed by atoms with E-state index < -0.39 is 0 Å². The Bertz CT molecular complexity index is 691. The minimum absolute atomic E-state index is 0.0249. The first kappa shape index (κ1) is 14.6. The molecule has 0 fully saturated rings. The number of rotatable bonds is 5. The summed E-state index contributed by atoms with van der Waals surface area (Å²) in [6.07, 6.45) is 1.75. The summed E-state index contributed by atoms with van der Waals surface area (Å²) >= 11 is 0. The summed E-state index contributed by atoms with van der Waals surface area (Å²) in [5, 5.41) is 7.38. The first-order valence-electron chi connectivity index (χ1n) is 7.68. The predicted octanol–water partition coefficient (Wildman–Crippen LogP) is 2.25. The minimum Gasteiger partial charge on any atom is -0.493 e. The summed E-state index contributed by atoms with van der Waals surface area (Å²) < 4.78 is 7.43. The predicted molar refractivity (Wildman–Crippen MR) is 84.3 cm³/mol. The summed E-state index contributed by atoms with van der Waals surface area (Å²) in [6, 6.07) is 7.69. The van der Waals surface area contributed by atoms with Crippen LogP contribution in [-0.4, -0.2) is 28.8 Å². The molecule has 2 heterocycles. The molecule has 5 nitrogen and oxygen atoms in total. The van der Waals surface area contributed by atoms with Gasteiger partial charge in [0.1, 0.15) is 5.75 Å². The Morgan fingerprint density at radius 2 is 2.23 bits per heavy atom. The van der Waals surface area contributed by atoms with E-state index in [4.69, 9.17) is 4.74 Å². The van der Waals surface area contributed by atoms with E-state index in [1.807, 2.05) is 36.7 Å². The smallest absolute Gasteiger partial charge is 0.251 e. The van der Waals surface area contributed by atoms with E-state index in [-0.39, 0.29) is 5.91 Å². The number of nitrogens with one attached hydrogen (secondary N) is 1. The van der Waals surface area contributed by atoms with Crippen LogP contribution in [0.1, 0.15) is 33.7 Å². The van der Waals surface area contributed by atoms with E-state index in [1.54, 1.807) is 0 Å². The minimum atomic E-state index is -0.0249. The second-order valence-electron chi connectivity index (χ2n) is 5.68. The molecule has 1 N–H and O–H groups in total. The molecule has 0 aliphatic carbocycles. The van der Waals surface area contributed by atoms with Crippen molar-refractivity contribution in [1.82, 2.24) is 15.1 Å². The van der Waals surface area contributed by atoms with Crippen molar-refractivity contribution in [2.75, 3.05) is 13.2 Å². The number of aryl methyl sites for hydroxylation is 3. The Kier molecular flexibility index (Phi) is 4.13. The molecular formula is C17H21N3O2. The van der Waals surface area contributed by atoms with Gasteiger partial charge in [-0.15, -0.1) is 0 Å². The number of amides is 1. The molecule has 1 amide bonds. The molecular weight excluding hydrogens is 278 g/mol. The van der Waals surface area contributed by atoms with Gasteiger partial charge in [0.15, 0.2) is 0 Å². The summed E-state index contributed by atoms with van der Waals surface area (Å²) in [5.41, 5.74) is 4.01. The second kappa shape index (κ2) is 6.22. The maximum absolute atomic E-state index is 12.2. The van der Waals surface area contributed by atoms with Crippen molar-refractivity contribution in [3.63, 3.8) is 0 Å². The zero-order valence-corrected chi connectivity index (χ0v) is 13.1. The van der Waals surface area contributed by atoms with E-state index in [0.29, 0.717) is 18.7 Å². The lowest BCUT2D eigenvalue weighted by molar-refractivity contribution is 0.0952. The maximum Gasteiger partial charge on any atom is 0.251 e. The molecule has 0 saturated carbocycles. The lowest BCUT2D eigenvalue weighted by atomic mass is 10.1. The van der Waals surface area contributed by atoms with Crippen molar-refractivity contribution < 1.29 is 9.53 Å². The van der Waals surface area contributed by atoms with Crippen molar-refractivity contribution in [1.29, 1.82) is 0 Å². The van der Waals surface area contributed by atoms with Gasteiger partial charge in [-0.2, -0.15) is 5.10 Å². The van der Waals surface area contributed by atoms with Crippen molar-refractivity contribution >= 4 is 5.91 Å². The van der Waals surface area contributed by atoms with Crippen LogP contribution in [0.3, 0.4) is 0 Å². The van der Waals surface area contributed by atoms with Crippen molar-refractivity contribution in [3.8, 4) is 5.75 Å². The Morgan fingerprint density at radius 3 is 3.00 bits per heavy atom. The fourth-order valence-electron chi connectivity index (χ4n) is 2.76. The summed E-state index contributed by atoms with van der Waals surface area (Å²) in [7, 11) is 0. The van der Waals surface area contributed by atoms with Crippen LogP contribution >= 0.6 is 0 Å². The van der Waals surface area contributed by atoms with E-state index in [2.05, 4.69) is 16.5 Å². The molecule has 1 aromatic carbocycles. The average Bonchev–Trinajstić information content (AvgIpc) is 3.08. The second-order valence-corrected chi connectivity index (χ2v) is 5.68. The largest absolute Gasteiger partial charge is 0.493 e. The molecule has 1 aromatic heterocycles. The Morgan fingerprint density at radius 1 is 1.36 bits per heavy atom. The van der Waals surface area contributed by atoms with Gasteiger partial charge in [0, 0.05) is 30.8 Å². The van der Waals surface area contributed by atoms with Crippen LogP contribution in [0.5, 0.6) is 5.75 Å². The van der Waals surface area contributed by atoms with Gasteiger partial charge >= 0.3 is 0 Å². The summed E-state index contributed by atoms with van der Waals surface area (Å²) in [6.45, 7) is 6.21. The van der Waals surface area contributed by atoms with Crippen LogP contribution in [0.15, 0.2) is 24.3 Å². The number of carbonyl (C=O) groups excluding carboxylic acids is 1. The first-order valence-corrected chi connectivity index (χ1v) is 7.68. The number of nitrogens with zero attached hydrogens (tertiary/aromatic N) is 2. The van der Waals surface area contributed by atoms with Crippen LogP contribution in [0.4, 0.5) is 0 Å². The number of fused-ring (bicyclic) bond motifs is 1. The first-order chi connectivity index (χ1) is 10.6. The van der Waals surface area contributed by atoms with Gasteiger partial charge in [-0.1, -0.05) is 0 Å². The number of aromatic nitrogens is 2. The van der Waals surface area contributed by atoms with Crippen LogP contribution in [-0.2, 0) is 13.0 Å². The van der Waals surface area contributed by atoms with E-state index in [0.717, 1.165) is 42.1 Å². The van der Waals surface area contributed by atoms with Crippen LogP contribution in [0.2, 0.25) is 0 Å². The molecule has 1 aliphatic heterocycles. The third-order valence-corrected chi connectivity index (χ3v) is 3.89. The Balaban J connectivity index is 1.49. The molecule has 0 bridgehead atoms. The Labute approximate surface area is 130 Å². The third-order valence-electron chi connectivity index (χ3n) is 3.89. The monoisotopic (exact) mass is 299 g/mol. The number of hydrogen-bond donors (Lipinski definition) is 1. The molecule has 116 valence electrons. The quantitative estimate of drug-likeness (QED) is 0.862. The SMILES string of the molecule is Cc1cc(C)n(CCCNC(=O)c2ccc3c(c2)CCO3)n1. The lowest BCUT2D eigenvalue weighted by Crippen LogP contribution is -2.25. The molecule has 0 saturated heterocycles. The molecule has 5 heteroatoms. The number of benzene rings is 1. The highest BCUT2D eigenvalue weighted by atomic mass is 16.5. The van der Waals surface area contributed by atoms with Crippen LogP contribution in [0.25, 0.3) is 0 Å². The third kappa shape index (κ3) is 3.13. The Hall–Kier alpha value is -2.30. The molecule has 0 unspecified atom stereocenters. The van der Waals surface area contributed by atoms with Gasteiger partial charge in [0.25, 0.3) is 5.91 Å². The van der Waals surface area contributed by atoms with Gasteiger partial charge in [-0.3, -0.25) is 9.48 Å². The average molecular weight is 299 g/mol. The molecule has 0 spiro atoms. The van der Waals surface area contributed by atoms with E-state index in [1.165, 1.54) is 0 Å². The lowest BCUT2D eigenvalue weighted by Gasteiger charge is -2.07. The molecule has 3 rings (SSSR count). The summed E-state index contributed by atoms with van der Waals surface area (Å²) in [4.78, 5) is 12.2. The van der Waals surface area contributed by atoms with Gasteiger partial charge in [0.2, 0.25) is 0 Å². The molecule has 0 atom stereocenters. The van der Waals surface area contributed by atoms with Gasteiger partial charge in [0.05, 0.1) is 12.3 Å². The fourth-order valence-corrected chi connectivity index (χ4v) is 2.76. The van der Waals surface area contributed by atoms with Crippen molar-refractivity contribution in [2.45, 2.75) is 33.2 Å².